The molecule has 0 aliphatic heterocycles. The predicted molar refractivity (Wildman–Crippen MR) is 593 cm³/mol. The van der Waals surface area contributed by atoms with E-state index in [-0.39, 0.29) is 0 Å². The van der Waals surface area contributed by atoms with Crippen LogP contribution in [0, 0.1) is 5.92 Å². The maximum atomic E-state index is 4.59. The Morgan fingerprint density at radius 3 is 0.937 bits per heavy atom. The van der Waals surface area contributed by atoms with Gasteiger partial charge in [0, 0.05) is 118 Å². The first-order valence-corrected chi connectivity index (χ1v) is 48.2. The fraction of sp³-hybridized carbons (Fsp3) is 0.191. The van der Waals surface area contributed by atoms with Gasteiger partial charge in [-0.1, -0.05) is 375 Å². The molecule has 12 aromatic carbocycles. The summed E-state index contributed by atoms with van der Waals surface area (Å²) in [4.78, 5) is 0. The third-order valence-electron chi connectivity index (χ3n) is 22.2. The van der Waals surface area contributed by atoms with Crippen LogP contribution < -0.4 is 38.0 Å². The third-order valence-corrected chi connectivity index (χ3v) is 22.2. The molecular formula is C115H120N28. The van der Waals surface area contributed by atoms with Crippen LogP contribution >= 0.6 is 0 Å². The molecule has 19 aromatic rings. The second-order valence-electron chi connectivity index (χ2n) is 33.6. The third kappa shape index (κ3) is 33.9. The van der Waals surface area contributed by atoms with E-state index in [1.807, 2.05) is 299 Å². The van der Waals surface area contributed by atoms with Crippen molar-refractivity contribution in [1.82, 2.24) is 71.4 Å². The van der Waals surface area contributed by atoms with Crippen LogP contribution in [0.25, 0.3) is 75.4 Å². The van der Waals surface area contributed by atoms with Crippen LogP contribution in [0.2, 0.25) is 0 Å². The van der Waals surface area contributed by atoms with Crippen molar-refractivity contribution in [2.45, 2.75) is 138 Å². The molecule has 0 radical (unpaired) electrons. The Labute approximate surface area is 834 Å². The van der Waals surface area contributed by atoms with Crippen molar-refractivity contribution < 1.29 is 0 Å². The topological polar surface area (TPSA) is 351 Å². The summed E-state index contributed by atoms with van der Waals surface area (Å²) in [5, 5.41) is 102. The van der Waals surface area contributed by atoms with Gasteiger partial charge in [0.15, 0.2) is 40.7 Å². The average Bonchev–Trinajstić information content (AvgIpc) is 0.860. The molecule has 7 aromatic heterocycles. The summed E-state index contributed by atoms with van der Waals surface area (Å²) in [5.41, 5.74) is 31.3. The van der Waals surface area contributed by atoms with Crippen LogP contribution in [0.15, 0.2) is 401 Å². The number of fused-ring (bicyclic) bond motifs is 7. The van der Waals surface area contributed by atoms with E-state index in [1.54, 1.807) is 49.6 Å². The number of anilines is 7. The van der Waals surface area contributed by atoms with Gasteiger partial charge in [0.2, 0.25) is 0 Å². The zero-order valence-corrected chi connectivity index (χ0v) is 81.7. The van der Waals surface area contributed by atoms with Crippen LogP contribution in [-0.2, 0) is 19.3 Å². The van der Waals surface area contributed by atoms with E-state index < -0.39 is 0 Å². The quantitative estimate of drug-likeness (QED) is 0.0145. The van der Waals surface area contributed by atoms with E-state index in [9.17, 15) is 0 Å². The molecule has 7 N–H and O–H groups in total. The van der Waals surface area contributed by atoms with Gasteiger partial charge in [-0.2, -0.15) is 71.4 Å². The fourth-order valence-corrected chi connectivity index (χ4v) is 14.7. The molecule has 28 heteroatoms. The van der Waals surface area contributed by atoms with Crippen molar-refractivity contribution >= 4 is 158 Å². The molecular weight excluding hydrogens is 1770 g/mol. The van der Waals surface area contributed by atoms with Gasteiger partial charge in [-0.3, -0.25) is 38.0 Å². The smallest absolute Gasteiger partial charge is 0.176 e. The number of nitrogens with zero attached hydrogens (tertiary/aromatic N) is 21. The summed E-state index contributed by atoms with van der Waals surface area (Å²) < 4.78 is 0. The number of aryl methyl sites for hydroxylation is 1. The highest BCUT2D eigenvalue weighted by Crippen LogP contribution is 2.27. The molecule has 0 amide bonds. The van der Waals surface area contributed by atoms with Crippen LogP contribution in [0.1, 0.15) is 147 Å². The zero-order chi connectivity index (χ0) is 99.1. The van der Waals surface area contributed by atoms with Crippen LogP contribution in [-0.4, -0.2) is 113 Å². The fourth-order valence-electron chi connectivity index (χ4n) is 14.7. The van der Waals surface area contributed by atoms with Crippen molar-refractivity contribution in [2.75, 3.05) is 38.0 Å². The Hall–Kier alpha value is -17.7. The minimum absolute atomic E-state index is 0.612. The van der Waals surface area contributed by atoms with E-state index in [4.69, 9.17) is 0 Å². The average molecular weight is 1890 g/mol. The Balaban J connectivity index is 0.000000140. The van der Waals surface area contributed by atoms with Crippen LogP contribution in [0.3, 0.4) is 0 Å². The molecule has 0 unspecified atom stereocenters. The minimum Gasteiger partial charge on any atom is -0.260 e. The number of benzene rings is 12. The summed E-state index contributed by atoms with van der Waals surface area (Å²) >= 11 is 0. The molecule has 0 aliphatic rings. The van der Waals surface area contributed by atoms with Crippen molar-refractivity contribution in [3.8, 4) is 0 Å². The molecule has 0 bridgehead atoms. The highest BCUT2D eigenvalue weighted by atomic mass is 15.4. The molecule has 0 aliphatic carbocycles. The van der Waals surface area contributed by atoms with E-state index in [2.05, 4.69) is 228 Å². The van der Waals surface area contributed by atoms with Gasteiger partial charge < -0.3 is 0 Å². The lowest BCUT2D eigenvalue weighted by molar-refractivity contribution is 0.669. The first kappa shape index (κ1) is 103. The van der Waals surface area contributed by atoms with Gasteiger partial charge >= 0.3 is 0 Å². The summed E-state index contributed by atoms with van der Waals surface area (Å²) in [5.74, 6) is 5.44. The monoisotopic (exact) mass is 1890 g/mol. The van der Waals surface area contributed by atoms with Gasteiger partial charge in [-0.15, -0.1) is 35.7 Å². The second-order valence-corrected chi connectivity index (χ2v) is 33.6. The summed E-state index contributed by atoms with van der Waals surface area (Å²) in [6, 6.07) is 107. The van der Waals surface area contributed by atoms with Crippen LogP contribution in [0.4, 0.5) is 40.7 Å². The Morgan fingerprint density at radius 1 is 0.287 bits per heavy atom. The standard InChI is InChI=1S/2C17H16N4.2C17H24N4.2C16H14N4.C15H12N4/c1-13(11-14-7-3-2-4-8-14)19-21-17-16-10-6-5-9-15(16)12-18-20-17;1-2-7-14(8-3-1)9-6-12-18-20-17-16-11-5-4-10-15(16)13-19-21-17;1-4-5-9-15(11-13(2)3)19-21-17-16-10-7-6-8-14(16)12-18-20-17;1-3-5-10-15(11-6-4-2)19-21-17-16-12-8-7-9-14(16)13-18-20-17;1-12(13-7-3-2-4-8-13)18-20-16-15-10-6-5-9-14(15)11-17-19-16;1-2-6-13(7-3-1)10-11-17-19-16-15-9-5-4-8-14(15)12-18-20-16;1-2-6-12(7-3-1)10-16-18-15-14-9-5-4-8-13(14)11-17-19-15/h2-10,12H,11H2,1H3,(H,20,21);1-5,7-8,10-13H,6,9H2,(H,20,21);6-8,10,12-13H,4-5,9,11H2,1-3H3,(H,20,21);7-9,12-13H,3-6,10-11H2,1-2H3,(H,20,21);2-11H,1H3,(H,19,20);1-9,11-12H,10H2,(H,19,20);1-11H,(H,18,19)/b19-13-;18-12-;19-15+;;18-12-;17-11-;16-10-. The molecule has 0 saturated heterocycles. The van der Waals surface area contributed by atoms with Gasteiger partial charge in [-0.05, 0) is 105 Å². The maximum Gasteiger partial charge on any atom is 0.176 e. The summed E-state index contributed by atoms with van der Waals surface area (Å²) in [7, 11) is 0. The Kier molecular flexibility index (Phi) is 41.8. The molecule has 143 heavy (non-hydrogen) atoms. The SMILES string of the molecule is C(/CCc1ccccc1)=N/Nc1nncc2ccccc12.C(/Cc1ccccc1)=N/Nc1nncc2ccccc12.C(=N/Nc1nncc2ccccc12)/c1ccccc1.C/C(=N/Nc1nncc2ccccc12)c1ccccc1.C/C(Cc1ccccc1)=N/Nc1nncc2ccccc12.CCCC/C(CC(C)C)=N\Nc1nncc2ccccc12.CCCCC(CCCC)=NNc1nncc2ccccc12. The van der Waals surface area contributed by atoms with Crippen molar-refractivity contribution in [3.63, 3.8) is 0 Å². The van der Waals surface area contributed by atoms with Gasteiger partial charge in [0.05, 0.1) is 55.3 Å². The van der Waals surface area contributed by atoms with Gasteiger partial charge in [-0.25, -0.2) is 0 Å². The number of rotatable bonds is 34. The number of unbranched alkanes of at least 4 members (excludes halogenated alkanes) is 3. The summed E-state index contributed by atoms with van der Waals surface area (Å²) in [6.07, 6.45) is 32.5. The van der Waals surface area contributed by atoms with Crippen molar-refractivity contribution in [1.29, 1.82) is 0 Å². The lowest BCUT2D eigenvalue weighted by Gasteiger charge is -2.10. The lowest BCUT2D eigenvalue weighted by Crippen LogP contribution is -2.07. The first-order chi connectivity index (χ1) is 70.5. The molecule has 0 fully saturated rings. The molecule has 7 heterocycles. The molecule has 0 saturated carbocycles. The number of hydrogen-bond acceptors (Lipinski definition) is 28. The highest BCUT2D eigenvalue weighted by Gasteiger charge is 2.12. The lowest BCUT2D eigenvalue weighted by atomic mass is 10.0. The highest BCUT2D eigenvalue weighted by molar-refractivity contribution is 6.01. The van der Waals surface area contributed by atoms with Gasteiger partial charge in [0.25, 0.3) is 0 Å². The van der Waals surface area contributed by atoms with Gasteiger partial charge in [0.1, 0.15) is 0 Å². The largest absolute Gasteiger partial charge is 0.260 e. The molecule has 720 valence electrons. The van der Waals surface area contributed by atoms with Crippen molar-refractivity contribution in [3.05, 3.63) is 393 Å². The number of nitrogens with one attached hydrogen (secondary N) is 7. The Bertz CT molecular complexity index is 7270. The van der Waals surface area contributed by atoms with E-state index >= 15 is 0 Å². The Morgan fingerprint density at radius 2 is 0.573 bits per heavy atom. The molecule has 0 atom stereocenters. The van der Waals surface area contributed by atoms with Crippen LogP contribution in [0.5, 0.6) is 0 Å². The first-order valence-electron chi connectivity index (χ1n) is 48.2. The molecule has 0 spiro atoms. The second kappa shape index (κ2) is 58.1. The number of hydrazone groups is 7. The zero-order valence-electron chi connectivity index (χ0n) is 81.7. The predicted octanol–water partition coefficient (Wildman–Crippen LogP) is 26.5. The van der Waals surface area contributed by atoms with E-state index in [0.717, 1.165) is 161 Å². The van der Waals surface area contributed by atoms with Crippen molar-refractivity contribution in [2.24, 2.45) is 41.6 Å². The number of aromatic nitrogens is 14. The molecule has 28 nitrogen and oxygen atoms in total. The molecule has 19 rings (SSSR count). The number of hydrogen-bond donors (Lipinski definition) is 7. The summed E-state index contributed by atoms with van der Waals surface area (Å²) in [6.45, 7) is 15.0. The normalized spacial score (nSPS) is 11.3. The van der Waals surface area contributed by atoms with E-state index in [1.165, 1.54) is 66.6 Å². The maximum absolute atomic E-state index is 4.59. The van der Waals surface area contributed by atoms with E-state index in [0.29, 0.717) is 35.0 Å². The minimum atomic E-state index is 0.612.